The molecule has 0 amide bonds. The van der Waals surface area contributed by atoms with E-state index in [0.717, 1.165) is 7.11 Å². The van der Waals surface area contributed by atoms with Crippen LogP contribution < -0.4 is 26.2 Å². The fourth-order valence-corrected chi connectivity index (χ4v) is 5.22. The summed E-state index contributed by atoms with van der Waals surface area (Å²) in [6, 6.07) is 4.83. The molecule has 8 N–H and O–H groups in total. The highest BCUT2D eigenvalue weighted by Gasteiger charge is 2.54. The molecule has 0 spiro atoms. The number of hydrogen-bond donors (Lipinski definition) is 6. The normalized spacial score (nSPS) is 24.5. The summed E-state index contributed by atoms with van der Waals surface area (Å²) >= 11 is 5.13. The van der Waals surface area contributed by atoms with Gasteiger partial charge in [0.1, 0.15) is 53.2 Å². The van der Waals surface area contributed by atoms with E-state index in [0.29, 0.717) is 10.9 Å². The van der Waals surface area contributed by atoms with Crippen LogP contribution in [-0.4, -0.2) is 78.2 Å². The van der Waals surface area contributed by atoms with Gasteiger partial charge in [0.2, 0.25) is 5.75 Å². The number of rotatable bonds is 11. The van der Waals surface area contributed by atoms with E-state index in [2.05, 4.69) is 24.5 Å². The van der Waals surface area contributed by atoms with Gasteiger partial charge in [0.05, 0.1) is 12.5 Å². The van der Waals surface area contributed by atoms with E-state index in [1.54, 1.807) is 12.1 Å². The molecule has 6 atom stereocenters. The molecule has 0 saturated carbocycles. The topological polar surface area (TPSA) is 236 Å². The molecule has 4 rings (SSSR count). The van der Waals surface area contributed by atoms with Crippen LogP contribution in [0.2, 0.25) is 0 Å². The number of nitrogen functional groups attached to an aromatic ring is 1. The van der Waals surface area contributed by atoms with Crippen LogP contribution in [0.5, 0.6) is 11.5 Å². The number of para-hydroxylation sites is 2. The Balaban J connectivity index is 1.49. The molecule has 1 fully saturated rings. The minimum absolute atomic E-state index is 0.0227. The van der Waals surface area contributed by atoms with Crippen LogP contribution in [0.25, 0.3) is 11.0 Å². The summed E-state index contributed by atoms with van der Waals surface area (Å²) in [5.74, 6) is -0.720. The van der Waals surface area contributed by atoms with Gasteiger partial charge in [-0.15, -0.1) is 0 Å². The lowest BCUT2D eigenvalue weighted by atomic mass is 9.96. The maximum Gasteiger partial charge on any atom is 0.440 e. The predicted molar refractivity (Wildman–Crippen MR) is 146 cm³/mol. The fraction of sp³-hybridized carbons (Fsp3) is 0.391. The summed E-state index contributed by atoms with van der Waals surface area (Å²) in [6.45, 7) is 2.39. The van der Waals surface area contributed by atoms with Gasteiger partial charge in [0.15, 0.2) is 12.0 Å². The Bertz CT molecular complexity index is 1500. The third kappa shape index (κ3) is 6.27. The van der Waals surface area contributed by atoms with Crippen LogP contribution in [0.1, 0.15) is 25.6 Å². The molecule has 3 heterocycles. The number of hydrogen-bond acceptors (Lipinski definition) is 13. The van der Waals surface area contributed by atoms with Gasteiger partial charge < -0.3 is 50.2 Å². The number of thiocarbonyl (C=S) groups is 1. The number of aromatic nitrogens is 3. The number of aliphatic hydroxyl groups is 2. The number of esters is 1. The monoisotopic (exact) mass is 612 g/mol. The summed E-state index contributed by atoms with van der Waals surface area (Å²) < 4.78 is 34.6. The number of carbonyl (C=O) groups is 1. The molecular formula is C23H29N6O10PS. The van der Waals surface area contributed by atoms with Crippen molar-refractivity contribution in [2.24, 2.45) is 5.73 Å². The molecule has 41 heavy (non-hydrogen) atoms. The number of nitrogens with one attached hydrogen (secondary N) is 1. The number of benzene rings is 1. The van der Waals surface area contributed by atoms with Crippen molar-refractivity contribution < 1.29 is 48.2 Å². The van der Waals surface area contributed by atoms with Crippen LogP contribution >= 0.6 is 20.0 Å². The Labute approximate surface area is 238 Å². The molecule has 3 unspecified atom stereocenters. The molecule has 1 saturated heterocycles. The third-order valence-corrected chi connectivity index (χ3v) is 7.51. The van der Waals surface area contributed by atoms with Crippen LogP contribution in [-0.2, 0) is 23.5 Å². The molecule has 0 aliphatic carbocycles. The fourth-order valence-electron chi connectivity index (χ4n) is 4.25. The standard InChI is InChI=1S/C23H29N6O10PS/c1-11(21(31)35-3)28-40(33,34)39-38-14-7-5-4-6-13(14)36-9-15-17(30)23(2,32)22(37-15)29-8-12(19(25)41)16-18(24)26-10-27-20(16)29/h4-8,10-11,15,17,22,30,32H,9H2,1-3H3,(H2,25,41)(H2,24,26,27)(H2,28,33,34)/t11-,15?,17?,22+,23+/m0/s1. The Morgan fingerprint density at radius 3 is 2.68 bits per heavy atom. The predicted octanol–water partition coefficient (Wildman–Crippen LogP) is 0.298. The van der Waals surface area contributed by atoms with E-state index >= 15 is 0 Å². The van der Waals surface area contributed by atoms with Crippen LogP contribution in [0, 0.1) is 0 Å². The van der Waals surface area contributed by atoms with E-state index < -0.39 is 43.8 Å². The molecule has 1 aliphatic heterocycles. The summed E-state index contributed by atoms with van der Waals surface area (Å²) in [6.07, 6.45) is -0.933. The van der Waals surface area contributed by atoms with Crippen molar-refractivity contribution in [3.63, 3.8) is 0 Å². The number of ether oxygens (including phenoxy) is 3. The van der Waals surface area contributed by atoms with Crippen LogP contribution in [0.15, 0.2) is 36.8 Å². The van der Waals surface area contributed by atoms with Crippen molar-refractivity contribution in [1.29, 1.82) is 0 Å². The smallest absolute Gasteiger partial charge is 0.440 e. The lowest BCUT2D eigenvalue weighted by Gasteiger charge is -2.27. The van der Waals surface area contributed by atoms with Gasteiger partial charge in [-0.3, -0.25) is 4.79 Å². The van der Waals surface area contributed by atoms with E-state index in [9.17, 15) is 24.5 Å². The SMILES string of the molecule is COC(=O)[C@H](C)NP(=O)(O)OOc1ccccc1OCC1O[C@@H](n2cc(C(N)=S)c3c(N)ncnc32)[C@](C)(O)C1O. The number of anilines is 1. The Morgan fingerprint density at radius 2 is 2.02 bits per heavy atom. The maximum atomic E-state index is 12.3. The number of fused-ring (bicyclic) bond motifs is 1. The van der Waals surface area contributed by atoms with Crippen molar-refractivity contribution in [1.82, 2.24) is 19.6 Å². The number of aliphatic hydroxyl groups excluding tert-OH is 1. The largest absolute Gasteiger partial charge is 0.487 e. The van der Waals surface area contributed by atoms with Crippen LogP contribution in [0.4, 0.5) is 5.82 Å². The van der Waals surface area contributed by atoms with Crippen LogP contribution in [0.3, 0.4) is 0 Å². The lowest BCUT2D eigenvalue weighted by Crippen LogP contribution is -2.44. The molecule has 1 aromatic carbocycles. The molecular weight excluding hydrogens is 583 g/mol. The second-order valence-electron chi connectivity index (χ2n) is 9.28. The first-order valence-electron chi connectivity index (χ1n) is 12.0. The molecule has 0 radical (unpaired) electrons. The zero-order valence-electron chi connectivity index (χ0n) is 22.0. The molecule has 18 heteroatoms. The van der Waals surface area contributed by atoms with Crippen molar-refractivity contribution in [2.75, 3.05) is 19.5 Å². The third-order valence-electron chi connectivity index (χ3n) is 6.30. The van der Waals surface area contributed by atoms with Gasteiger partial charge in [-0.05, 0) is 26.0 Å². The molecule has 0 bridgehead atoms. The van der Waals surface area contributed by atoms with Gasteiger partial charge in [-0.25, -0.2) is 19.6 Å². The molecule has 1 aliphatic rings. The zero-order valence-corrected chi connectivity index (χ0v) is 23.7. The lowest BCUT2D eigenvalue weighted by molar-refractivity contribution is -0.143. The van der Waals surface area contributed by atoms with E-state index in [1.807, 2.05) is 0 Å². The quantitative estimate of drug-likeness (QED) is 0.0561. The Morgan fingerprint density at radius 1 is 1.34 bits per heavy atom. The van der Waals surface area contributed by atoms with Gasteiger partial charge in [-0.1, -0.05) is 29.0 Å². The first-order valence-corrected chi connectivity index (χ1v) is 14.0. The molecule has 2 aromatic heterocycles. The number of nitrogens with zero attached hydrogens (tertiary/aromatic N) is 3. The highest BCUT2D eigenvalue weighted by molar-refractivity contribution is 7.80. The summed E-state index contributed by atoms with van der Waals surface area (Å²) in [5, 5.41) is 24.6. The van der Waals surface area contributed by atoms with Crippen molar-refractivity contribution in [3.8, 4) is 11.5 Å². The van der Waals surface area contributed by atoms with E-state index in [-0.39, 0.29) is 34.6 Å². The second-order valence-corrected chi connectivity index (χ2v) is 11.2. The first kappa shape index (κ1) is 30.5. The van der Waals surface area contributed by atoms with Gasteiger partial charge in [0.25, 0.3) is 0 Å². The van der Waals surface area contributed by atoms with Crippen molar-refractivity contribution in [3.05, 3.63) is 42.4 Å². The van der Waals surface area contributed by atoms with Gasteiger partial charge >= 0.3 is 13.7 Å². The highest BCUT2D eigenvalue weighted by Crippen LogP contribution is 2.42. The van der Waals surface area contributed by atoms with Crippen molar-refractivity contribution in [2.45, 2.75) is 43.9 Å². The van der Waals surface area contributed by atoms with E-state index in [4.69, 9.17) is 38.0 Å². The minimum Gasteiger partial charge on any atom is -0.487 e. The number of nitrogens with two attached hydrogens (primary N) is 2. The van der Waals surface area contributed by atoms with Gasteiger partial charge in [-0.2, -0.15) is 0 Å². The molecule has 16 nitrogen and oxygen atoms in total. The Kier molecular flexibility index (Phi) is 8.81. The average Bonchev–Trinajstić information content (AvgIpc) is 3.41. The Hall–Kier alpha value is -3.41. The van der Waals surface area contributed by atoms with Gasteiger partial charge in [0, 0.05) is 11.8 Å². The first-order chi connectivity index (χ1) is 19.3. The number of carbonyl (C=O) groups excluding carboxylic acids is 1. The van der Waals surface area contributed by atoms with Crippen molar-refractivity contribution >= 4 is 47.8 Å². The summed E-state index contributed by atoms with van der Waals surface area (Å²) in [7, 11) is -3.48. The molecule has 3 aromatic rings. The maximum absolute atomic E-state index is 12.3. The highest BCUT2D eigenvalue weighted by atomic mass is 32.1. The number of methoxy groups -OCH3 is 1. The minimum atomic E-state index is -4.61. The summed E-state index contributed by atoms with van der Waals surface area (Å²) in [5.41, 5.74) is 10.7. The molecule has 222 valence electrons. The van der Waals surface area contributed by atoms with E-state index in [1.165, 1.54) is 43.1 Å². The summed E-state index contributed by atoms with van der Waals surface area (Å²) in [4.78, 5) is 34.7. The second kappa shape index (κ2) is 11.8. The average molecular weight is 613 g/mol. The zero-order chi connectivity index (χ0) is 30.1.